The van der Waals surface area contributed by atoms with Crippen molar-refractivity contribution in [3.63, 3.8) is 0 Å². The van der Waals surface area contributed by atoms with Gasteiger partial charge in [0.25, 0.3) is 5.56 Å². The summed E-state index contributed by atoms with van der Waals surface area (Å²) in [6.07, 6.45) is 0.213. The summed E-state index contributed by atoms with van der Waals surface area (Å²) in [7, 11) is 0. The fourth-order valence-electron chi connectivity index (χ4n) is 0.785. The van der Waals surface area contributed by atoms with E-state index in [1.807, 2.05) is 4.98 Å². The lowest BCUT2D eigenvalue weighted by Crippen LogP contribution is -2.30. The van der Waals surface area contributed by atoms with Gasteiger partial charge in [-0.25, -0.2) is 4.79 Å². The Hall–Kier alpha value is -2.22. The van der Waals surface area contributed by atoms with Gasteiger partial charge in [-0.05, 0) is 13.8 Å². The van der Waals surface area contributed by atoms with Crippen LogP contribution in [0.2, 0.25) is 0 Å². The number of aromatic nitrogens is 2. The summed E-state index contributed by atoms with van der Waals surface area (Å²) in [5, 5.41) is 11.2. The molecule has 0 aliphatic carbocycles. The second-order valence-corrected chi connectivity index (χ2v) is 3.76. The van der Waals surface area contributed by atoms with Crippen molar-refractivity contribution in [2.45, 2.75) is 20.0 Å². The van der Waals surface area contributed by atoms with Gasteiger partial charge in [0.1, 0.15) is 0 Å². The summed E-state index contributed by atoms with van der Waals surface area (Å²) in [6.45, 7) is 6.95. The molecule has 106 valence electrons. The number of aliphatic hydroxyl groups is 1. The molecule has 0 aliphatic rings. The molecule has 0 radical (unpaired) electrons. The van der Waals surface area contributed by atoms with Crippen molar-refractivity contribution in [1.82, 2.24) is 15.3 Å². The highest BCUT2D eigenvalue weighted by Crippen LogP contribution is 1.85. The number of carbonyl (C=O) groups excluding carboxylic acids is 1. The van der Waals surface area contributed by atoms with E-state index in [1.165, 1.54) is 0 Å². The number of H-pyrrole nitrogens is 2. The van der Waals surface area contributed by atoms with E-state index >= 15 is 0 Å². The summed E-state index contributed by atoms with van der Waals surface area (Å²) < 4.78 is 12.0. The maximum atomic E-state index is 12.0. The first-order chi connectivity index (χ1) is 8.73. The average molecular weight is 273 g/mol. The molecule has 1 rings (SSSR count). The molecule has 19 heavy (non-hydrogen) atoms. The normalized spacial score (nSPS) is 10.9. The van der Waals surface area contributed by atoms with Crippen LogP contribution in [-0.2, 0) is 4.79 Å². The molecule has 8 heteroatoms. The number of hydrogen-bond acceptors (Lipinski definition) is 4. The van der Waals surface area contributed by atoms with Gasteiger partial charge < -0.3 is 15.4 Å². The minimum absolute atomic E-state index is 0.207. The largest absolute Gasteiger partial charge is 0.392 e. The standard InChI is InChI=1S/C7H13NO2.C4H3FN2O2/c1-5(2)7(10)8-4-6(3)9;5-2-1-6-4(9)7-3(2)8/h6,9H,1,4H2,2-3H3,(H,8,10);1H,(H2,6,7,8,9). The van der Waals surface area contributed by atoms with E-state index < -0.39 is 23.2 Å². The van der Waals surface area contributed by atoms with Gasteiger partial charge in [-0.3, -0.25) is 14.6 Å². The predicted octanol–water partition coefficient (Wildman–Crippen LogP) is -0.738. The average Bonchev–Trinajstić information content (AvgIpc) is 2.31. The van der Waals surface area contributed by atoms with Crippen molar-refractivity contribution in [2.75, 3.05) is 6.54 Å². The first-order valence-electron chi connectivity index (χ1n) is 5.33. The third-order valence-electron chi connectivity index (χ3n) is 1.72. The summed E-state index contributed by atoms with van der Waals surface area (Å²) in [6, 6.07) is 0. The van der Waals surface area contributed by atoms with Crippen LogP contribution in [0.4, 0.5) is 4.39 Å². The molecule has 0 spiro atoms. The van der Waals surface area contributed by atoms with Gasteiger partial charge >= 0.3 is 5.69 Å². The molecule has 0 saturated heterocycles. The van der Waals surface area contributed by atoms with E-state index in [1.54, 1.807) is 18.8 Å². The van der Waals surface area contributed by atoms with E-state index in [0.29, 0.717) is 11.8 Å². The second kappa shape index (κ2) is 7.98. The SMILES string of the molecule is C=C(C)C(=O)NCC(C)O.O=c1[nH]cc(F)c(=O)[nH]1. The first-order valence-corrected chi connectivity index (χ1v) is 5.33. The number of halogens is 1. The minimum Gasteiger partial charge on any atom is -0.392 e. The maximum Gasteiger partial charge on any atom is 0.325 e. The molecule has 0 bridgehead atoms. The van der Waals surface area contributed by atoms with Crippen molar-refractivity contribution in [3.05, 3.63) is 45.0 Å². The van der Waals surface area contributed by atoms with Crippen LogP contribution in [0, 0.1) is 5.82 Å². The number of nitrogens with one attached hydrogen (secondary N) is 3. The summed E-state index contributed by atoms with van der Waals surface area (Å²) in [5.41, 5.74) is -1.25. The number of carbonyl (C=O) groups is 1. The molecule has 0 fully saturated rings. The van der Waals surface area contributed by atoms with Gasteiger partial charge in [0, 0.05) is 18.3 Å². The van der Waals surface area contributed by atoms with Crippen molar-refractivity contribution in [3.8, 4) is 0 Å². The Morgan fingerprint density at radius 3 is 2.53 bits per heavy atom. The molecule has 0 saturated carbocycles. The summed E-state index contributed by atoms with van der Waals surface area (Å²) in [5.74, 6) is -1.20. The van der Waals surface area contributed by atoms with Crippen molar-refractivity contribution in [1.29, 1.82) is 0 Å². The topological polar surface area (TPSA) is 115 Å². The van der Waals surface area contributed by atoms with Crippen LogP contribution in [0.3, 0.4) is 0 Å². The Morgan fingerprint density at radius 1 is 1.58 bits per heavy atom. The van der Waals surface area contributed by atoms with Crippen LogP contribution in [0.1, 0.15) is 13.8 Å². The monoisotopic (exact) mass is 273 g/mol. The smallest absolute Gasteiger partial charge is 0.325 e. The molecule has 1 unspecified atom stereocenters. The highest BCUT2D eigenvalue weighted by Gasteiger charge is 2.01. The zero-order valence-electron chi connectivity index (χ0n) is 10.6. The highest BCUT2D eigenvalue weighted by molar-refractivity contribution is 5.92. The highest BCUT2D eigenvalue weighted by atomic mass is 19.1. The van der Waals surface area contributed by atoms with Crippen LogP contribution in [-0.4, -0.2) is 33.6 Å². The van der Waals surface area contributed by atoms with Crippen molar-refractivity contribution < 1.29 is 14.3 Å². The molecule has 4 N–H and O–H groups in total. The molecular weight excluding hydrogens is 257 g/mol. The molecule has 1 heterocycles. The number of aromatic amines is 2. The van der Waals surface area contributed by atoms with Crippen LogP contribution >= 0.6 is 0 Å². The van der Waals surface area contributed by atoms with Gasteiger partial charge in [-0.1, -0.05) is 6.58 Å². The summed E-state index contributed by atoms with van der Waals surface area (Å²) >= 11 is 0. The van der Waals surface area contributed by atoms with E-state index in [-0.39, 0.29) is 12.5 Å². The molecule has 1 amide bonds. The lowest BCUT2D eigenvalue weighted by atomic mass is 10.3. The Morgan fingerprint density at radius 2 is 2.16 bits per heavy atom. The second-order valence-electron chi connectivity index (χ2n) is 3.76. The Kier molecular flexibility index (Phi) is 7.05. The van der Waals surface area contributed by atoms with Gasteiger partial charge in [-0.2, -0.15) is 4.39 Å². The molecule has 1 aromatic heterocycles. The maximum absolute atomic E-state index is 12.0. The fraction of sp³-hybridized carbons (Fsp3) is 0.364. The Balaban J connectivity index is 0.000000342. The van der Waals surface area contributed by atoms with E-state index in [2.05, 4.69) is 11.9 Å². The fourth-order valence-corrected chi connectivity index (χ4v) is 0.785. The molecule has 1 aromatic rings. The predicted molar refractivity (Wildman–Crippen MR) is 67.1 cm³/mol. The third-order valence-corrected chi connectivity index (χ3v) is 1.72. The molecule has 0 aromatic carbocycles. The molecule has 0 aliphatic heterocycles. The lowest BCUT2D eigenvalue weighted by molar-refractivity contribution is -0.117. The zero-order valence-corrected chi connectivity index (χ0v) is 10.6. The van der Waals surface area contributed by atoms with E-state index in [0.717, 1.165) is 0 Å². The van der Waals surface area contributed by atoms with Crippen LogP contribution in [0.15, 0.2) is 27.9 Å². The molecule has 7 nitrogen and oxygen atoms in total. The number of amides is 1. The minimum atomic E-state index is -1.00. The zero-order chi connectivity index (χ0) is 15.0. The molecule has 1 atom stereocenters. The van der Waals surface area contributed by atoms with Gasteiger partial charge in [0.05, 0.1) is 6.10 Å². The number of rotatable bonds is 3. The summed E-state index contributed by atoms with van der Waals surface area (Å²) in [4.78, 5) is 34.7. The van der Waals surface area contributed by atoms with Gasteiger partial charge in [0.15, 0.2) is 0 Å². The first kappa shape index (κ1) is 16.8. The van der Waals surface area contributed by atoms with E-state index in [4.69, 9.17) is 5.11 Å². The van der Waals surface area contributed by atoms with Gasteiger partial charge in [-0.15, -0.1) is 0 Å². The molecular formula is C11H16FN3O4. The Bertz CT molecular complexity index is 547. The van der Waals surface area contributed by atoms with E-state index in [9.17, 15) is 18.8 Å². The quantitative estimate of drug-likeness (QED) is 0.543. The van der Waals surface area contributed by atoms with Crippen molar-refractivity contribution >= 4 is 5.91 Å². The number of aliphatic hydroxyl groups excluding tert-OH is 1. The Labute approximate surface area is 108 Å². The van der Waals surface area contributed by atoms with Crippen LogP contribution < -0.4 is 16.6 Å². The van der Waals surface area contributed by atoms with Crippen LogP contribution in [0.25, 0.3) is 0 Å². The number of hydrogen-bond donors (Lipinski definition) is 4. The van der Waals surface area contributed by atoms with Crippen LogP contribution in [0.5, 0.6) is 0 Å². The van der Waals surface area contributed by atoms with Gasteiger partial charge in [0.2, 0.25) is 11.7 Å². The van der Waals surface area contributed by atoms with Crippen molar-refractivity contribution in [2.24, 2.45) is 0 Å². The lowest BCUT2D eigenvalue weighted by Gasteiger charge is -2.05. The third kappa shape index (κ3) is 7.66.